The Morgan fingerprint density at radius 1 is 0.215 bits per heavy atom. The molecule has 1 aliphatic rings. The highest BCUT2D eigenvalue weighted by molar-refractivity contribution is 6.30. The number of rotatable bonds is 8. The van der Waals surface area contributed by atoms with Crippen molar-refractivity contribution in [2.24, 2.45) is 0 Å². The minimum absolute atomic E-state index is 0.116. The highest BCUT2D eigenvalue weighted by Gasteiger charge is 2.36. The fraction of sp³-hybridized carbons (Fsp3) is 0.0294. The summed E-state index contributed by atoms with van der Waals surface area (Å²) in [7, 11) is 0. The molecule has 0 saturated heterocycles. The van der Waals surface area contributed by atoms with Crippen molar-refractivity contribution in [2.45, 2.75) is 19.3 Å². The van der Waals surface area contributed by atoms with Gasteiger partial charge < -0.3 is 9.13 Å². The number of hydrogen-bond acceptors (Lipinski definition) is 3. The molecule has 22 rings (SSSR count). The quantitative estimate of drug-likeness (QED) is 0.152. The number of hydrogen-bond donors (Lipinski definition) is 0. The first kappa shape index (κ1) is 61.8. The lowest BCUT2D eigenvalue weighted by Gasteiger charge is -2.21. The summed E-state index contributed by atoms with van der Waals surface area (Å²) in [6.07, 6.45) is 0. The Kier molecular flexibility index (Phi) is 14.2. The summed E-state index contributed by atoms with van der Waals surface area (Å²) in [6, 6.07) is 134. The lowest BCUT2D eigenvalue weighted by molar-refractivity contribution is 0.660. The van der Waals surface area contributed by atoms with E-state index in [1.165, 1.54) is 136 Å². The van der Waals surface area contributed by atoms with Gasteiger partial charge >= 0.3 is 0 Å². The molecule has 21 aromatic rings. The van der Waals surface area contributed by atoms with E-state index in [1.54, 1.807) is 0 Å². The van der Waals surface area contributed by atoms with Crippen molar-refractivity contribution in [2.75, 3.05) is 0 Å². The van der Waals surface area contributed by atoms with Gasteiger partial charge in [-0.25, -0.2) is 15.0 Å². The largest absolute Gasteiger partial charge is 0.309 e. The molecule has 0 saturated carbocycles. The number of fused-ring (bicyclic) bond motifs is 19. The SMILES string of the molecule is CC1(C)c2ccccc2-c2ccc(-c3nc(-c4ccccc4)cc(-c4cccc(-n5c6ccc7ccccc7c6c6c7ccccc7ccc65)c4)n3)cc21.c1cc(-c2cc(-c3ccc4ccccc4c3)cc(-c3ccc4ccccc4c3)n2)cc(-n2c3ccc4ccccc4c3c3c4ccccc4ccc32)c1. The van der Waals surface area contributed by atoms with Crippen molar-refractivity contribution >= 4 is 108 Å². The van der Waals surface area contributed by atoms with Crippen LogP contribution in [0.25, 0.3) is 198 Å². The molecule has 5 heteroatoms. The van der Waals surface area contributed by atoms with Crippen LogP contribution in [0, 0.1) is 0 Å². The molecule has 500 valence electrons. The van der Waals surface area contributed by atoms with Crippen LogP contribution in [0.1, 0.15) is 25.0 Å². The van der Waals surface area contributed by atoms with E-state index in [0.29, 0.717) is 0 Å². The van der Waals surface area contributed by atoms with Crippen LogP contribution in [0.4, 0.5) is 0 Å². The Balaban J connectivity index is 0.000000137. The third-order valence-electron chi connectivity index (χ3n) is 22.5. The van der Waals surface area contributed by atoms with E-state index in [4.69, 9.17) is 15.0 Å². The van der Waals surface area contributed by atoms with E-state index < -0.39 is 0 Å². The summed E-state index contributed by atoms with van der Waals surface area (Å²) in [5.74, 6) is 0.723. The van der Waals surface area contributed by atoms with Gasteiger partial charge in [0.2, 0.25) is 0 Å². The molecule has 0 N–H and O–H groups in total. The minimum atomic E-state index is -0.116. The molecular weight excluding hydrogens is 1300 g/mol. The normalized spacial score (nSPS) is 12.5. The average Bonchev–Trinajstić information content (AvgIpc) is 1.57. The van der Waals surface area contributed by atoms with Crippen molar-refractivity contribution in [1.29, 1.82) is 0 Å². The molecular formula is C102H67N5. The first-order chi connectivity index (χ1) is 52.8. The Morgan fingerprint density at radius 3 is 1.08 bits per heavy atom. The van der Waals surface area contributed by atoms with E-state index in [1.807, 2.05) is 6.07 Å². The van der Waals surface area contributed by atoms with Crippen molar-refractivity contribution < 1.29 is 0 Å². The van der Waals surface area contributed by atoms with E-state index in [0.717, 1.165) is 73.4 Å². The second-order valence-electron chi connectivity index (χ2n) is 29.0. The third kappa shape index (κ3) is 10.3. The smallest absolute Gasteiger partial charge is 0.160 e. The summed E-state index contributed by atoms with van der Waals surface area (Å²) in [6.45, 7) is 4.64. The fourth-order valence-electron chi connectivity index (χ4n) is 17.3. The van der Waals surface area contributed by atoms with Crippen LogP contribution in [0.2, 0.25) is 0 Å². The Labute approximate surface area is 618 Å². The first-order valence-electron chi connectivity index (χ1n) is 36.9. The van der Waals surface area contributed by atoms with Crippen molar-refractivity contribution in [1.82, 2.24) is 24.1 Å². The molecule has 1 aliphatic carbocycles. The monoisotopic (exact) mass is 1360 g/mol. The first-order valence-corrected chi connectivity index (χ1v) is 36.9. The second kappa shape index (κ2) is 24.7. The molecule has 5 nitrogen and oxygen atoms in total. The van der Waals surface area contributed by atoms with Crippen LogP contribution in [-0.2, 0) is 5.41 Å². The van der Waals surface area contributed by atoms with Crippen molar-refractivity contribution in [3.63, 3.8) is 0 Å². The zero-order chi connectivity index (χ0) is 70.8. The van der Waals surface area contributed by atoms with Crippen LogP contribution in [0.3, 0.4) is 0 Å². The van der Waals surface area contributed by atoms with Gasteiger partial charge in [-0.05, 0) is 183 Å². The predicted octanol–water partition coefficient (Wildman–Crippen LogP) is 27.0. The molecule has 0 bridgehead atoms. The summed E-state index contributed by atoms with van der Waals surface area (Å²) in [5.41, 5.74) is 23.4. The molecule has 4 aromatic heterocycles. The summed E-state index contributed by atoms with van der Waals surface area (Å²) in [5, 5.41) is 20.1. The van der Waals surface area contributed by atoms with Gasteiger partial charge in [0.15, 0.2) is 5.82 Å². The fourth-order valence-corrected chi connectivity index (χ4v) is 17.3. The molecule has 0 aliphatic heterocycles. The molecule has 0 unspecified atom stereocenters. The van der Waals surface area contributed by atoms with E-state index in [9.17, 15) is 0 Å². The molecule has 0 amide bonds. The maximum absolute atomic E-state index is 5.39. The van der Waals surface area contributed by atoms with Gasteiger partial charge in [-0.3, -0.25) is 0 Å². The Hall–Kier alpha value is -13.9. The zero-order valence-electron chi connectivity index (χ0n) is 59.0. The lowest BCUT2D eigenvalue weighted by Crippen LogP contribution is -2.15. The van der Waals surface area contributed by atoms with Crippen LogP contribution in [0.5, 0.6) is 0 Å². The van der Waals surface area contributed by atoms with Gasteiger partial charge in [0, 0.05) is 66.2 Å². The van der Waals surface area contributed by atoms with Gasteiger partial charge in [-0.2, -0.15) is 0 Å². The van der Waals surface area contributed by atoms with Gasteiger partial charge in [0.05, 0.1) is 44.8 Å². The minimum Gasteiger partial charge on any atom is -0.309 e. The van der Waals surface area contributed by atoms with E-state index in [-0.39, 0.29) is 5.41 Å². The highest BCUT2D eigenvalue weighted by Crippen LogP contribution is 2.50. The topological polar surface area (TPSA) is 48.5 Å². The zero-order valence-corrected chi connectivity index (χ0v) is 59.0. The molecule has 0 spiro atoms. The highest BCUT2D eigenvalue weighted by atomic mass is 15.0. The molecule has 17 aromatic carbocycles. The second-order valence-corrected chi connectivity index (χ2v) is 29.0. The molecule has 0 atom stereocenters. The molecule has 4 heterocycles. The number of aromatic nitrogens is 5. The molecule has 107 heavy (non-hydrogen) atoms. The summed E-state index contributed by atoms with van der Waals surface area (Å²) >= 11 is 0. The number of nitrogens with zero attached hydrogens (tertiary/aromatic N) is 5. The van der Waals surface area contributed by atoms with Crippen LogP contribution >= 0.6 is 0 Å². The maximum atomic E-state index is 5.39. The van der Waals surface area contributed by atoms with Gasteiger partial charge in [-0.1, -0.05) is 299 Å². The van der Waals surface area contributed by atoms with Crippen molar-refractivity contribution in [3.8, 4) is 90.0 Å². The van der Waals surface area contributed by atoms with Gasteiger partial charge in [-0.15, -0.1) is 0 Å². The number of pyridine rings is 1. The van der Waals surface area contributed by atoms with Crippen LogP contribution < -0.4 is 0 Å². The standard InChI is InChI=1S/C51H35N3.C51H32N2/c1-51(2)42-22-11-10-21-40(42)41-26-23-36(30-43(41)51)50-52-44(34-15-4-3-5-16-34)31-45(53-50)35-17-12-18-37(29-35)54-46-27-24-32-13-6-8-19-38(32)48(46)49-39-20-9-7-14-33(39)25-28-47(49)54;1-3-14-37-28-39(22-20-33(37)10-1)42-31-46(52-47(32-42)41-23-21-34-11-2-4-15-38(34)29-41)40-16-9-17-43(30-40)53-48-26-24-35-12-5-7-18-44(35)50(48)51-45-19-8-6-13-36(45)25-27-49(51)53/h3-31H,1-2H3;1-32H. The summed E-state index contributed by atoms with van der Waals surface area (Å²) in [4.78, 5) is 15.9. The van der Waals surface area contributed by atoms with Crippen LogP contribution in [0.15, 0.2) is 370 Å². The van der Waals surface area contributed by atoms with Crippen molar-refractivity contribution in [3.05, 3.63) is 381 Å². The third-order valence-corrected chi connectivity index (χ3v) is 22.5. The average molecular weight is 1360 g/mol. The lowest BCUT2D eigenvalue weighted by atomic mass is 9.82. The number of benzene rings is 17. The predicted molar refractivity (Wildman–Crippen MR) is 450 cm³/mol. The van der Waals surface area contributed by atoms with Crippen LogP contribution in [-0.4, -0.2) is 24.1 Å². The van der Waals surface area contributed by atoms with E-state index in [2.05, 4.69) is 387 Å². The summed E-state index contributed by atoms with van der Waals surface area (Å²) < 4.78 is 4.86. The Bertz CT molecular complexity index is 6950. The molecule has 0 radical (unpaired) electrons. The van der Waals surface area contributed by atoms with Gasteiger partial charge in [0.1, 0.15) is 0 Å². The maximum Gasteiger partial charge on any atom is 0.160 e. The van der Waals surface area contributed by atoms with E-state index >= 15 is 0 Å². The Morgan fingerprint density at radius 2 is 0.579 bits per heavy atom. The van der Waals surface area contributed by atoms with Gasteiger partial charge in [0.25, 0.3) is 0 Å². The molecule has 0 fully saturated rings.